The van der Waals surface area contributed by atoms with Gasteiger partial charge in [-0.25, -0.2) is 36.3 Å². The average molecular weight is 657 g/mol. The summed E-state index contributed by atoms with van der Waals surface area (Å²) in [5.74, 6) is -9.08. The first-order valence-corrected chi connectivity index (χ1v) is 14.9. The summed E-state index contributed by atoms with van der Waals surface area (Å²) in [7, 11) is 0. The summed E-state index contributed by atoms with van der Waals surface area (Å²) in [5, 5.41) is 0. The van der Waals surface area contributed by atoms with Crippen LogP contribution in [0.25, 0.3) is 33.6 Å². The van der Waals surface area contributed by atoms with Gasteiger partial charge >= 0.3 is 6.11 Å². The molecular weight excluding hydrogens is 628 g/mol. The minimum absolute atomic E-state index is 0.0819. The lowest BCUT2D eigenvalue weighted by Gasteiger charge is -2.20. The Morgan fingerprint density at radius 2 is 1.15 bits per heavy atom. The first-order chi connectivity index (χ1) is 22.5. The van der Waals surface area contributed by atoms with Crippen molar-refractivity contribution in [2.24, 2.45) is 0 Å². The minimum atomic E-state index is -4.51. The number of ether oxygens (including phenoxy) is 1. The number of unbranched alkanes of at least 4 members (excludes halogenated alkanes) is 4. The van der Waals surface area contributed by atoms with Crippen molar-refractivity contribution in [3.63, 3.8) is 0 Å². The van der Waals surface area contributed by atoms with Crippen molar-refractivity contribution in [2.75, 3.05) is 0 Å². The Kier molecular flexibility index (Phi) is 10.2. The van der Waals surface area contributed by atoms with Gasteiger partial charge in [0.05, 0.1) is 0 Å². The quantitative estimate of drug-likeness (QED) is 0.0762. The van der Waals surface area contributed by atoms with E-state index in [0.717, 1.165) is 61.6 Å². The molecular formula is C36H28F8N2O. The number of aryl methyl sites for hydroxylation is 1. The van der Waals surface area contributed by atoms with E-state index in [1.54, 1.807) is 12.4 Å². The van der Waals surface area contributed by atoms with Crippen LogP contribution in [0, 0.1) is 34.9 Å². The molecule has 5 aromatic rings. The first-order valence-electron chi connectivity index (χ1n) is 14.9. The monoisotopic (exact) mass is 656 g/mol. The predicted molar refractivity (Wildman–Crippen MR) is 162 cm³/mol. The number of halogens is 8. The molecule has 0 aliphatic rings. The van der Waals surface area contributed by atoms with Crippen LogP contribution in [0.5, 0.6) is 5.75 Å². The van der Waals surface area contributed by atoms with E-state index in [1.165, 1.54) is 25.0 Å². The standard InChI is InChI=1S/C36H28F8N2O/c1-2-3-4-5-6-7-21-19-45-35(46-20-21)23-10-13-27(28(37)14-23)25-17-29(38)33(30(39)18-25)36(43,44)47-26-11-8-22(9-12-26)24-15-31(40)34(42)32(41)16-24/h8-20H,2-7H2,1H3. The second kappa shape index (κ2) is 14.3. The maximum atomic E-state index is 15.1. The number of hydrogen-bond donors (Lipinski definition) is 0. The van der Waals surface area contributed by atoms with Gasteiger partial charge in [-0.05, 0) is 77.6 Å². The van der Waals surface area contributed by atoms with Crippen LogP contribution in [0.3, 0.4) is 0 Å². The molecule has 0 fully saturated rings. The summed E-state index contributed by atoms with van der Waals surface area (Å²) >= 11 is 0. The number of rotatable bonds is 12. The van der Waals surface area contributed by atoms with Crippen LogP contribution in [0.2, 0.25) is 0 Å². The zero-order valence-corrected chi connectivity index (χ0v) is 25.1. The highest BCUT2D eigenvalue weighted by Gasteiger charge is 2.41. The third-order valence-corrected chi connectivity index (χ3v) is 7.56. The van der Waals surface area contributed by atoms with Crippen LogP contribution < -0.4 is 4.74 Å². The Bertz CT molecular complexity index is 1820. The number of alkyl halides is 2. The lowest BCUT2D eigenvalue weighted by Crippen LogP contribution is -2.25. The molecule has 244 valence electrons. The highest BCUT2D eigenvalue weighted by molar-refractivity contribution is 5.69. The van der Waals surface area contributed by atoms with Crippen LogP contribution in [0.1, 0.15) is 50.2 Å². The third kappa shape index (κ3) is 7.78. The number of benzene rings is 4. The molecule has 11 heteroatoms. The summed E-state index contributed by atoms with van der Waals surface area (Å²) in [4.78, 5) is 8.60. The Morgan fingerprint density at radius 3 is 1.74 bits per heavy atom. The van der Waals surface area contributed by atoms with Crippen LogP contribution >= 0.6 is 0 Å². The van der Waals surface area contributed by atoms with Crippen molar-refractivity contribution in [1.29, 1.82) is 0 Å². The molecule has 0 spiro atoms. The molecule has 0 N–H and O–H groups in total. The second-order valence-electron chi connectivity index (χ2n) is 11.0. The maximum Gasteiger partial charge on any atom is 0.432 e. The number of hydrogen-bond acceptors (Lipinski definition) is 3. The first kappa shape index (κ1) is 33.6. The van der Waals surface area contributed by atoms with E-state index in [-0.39, 0.29) is 28.1 Å². The number of aromatic nitrogens is 2. The maximum absolute atomic E-state index is 15.1. The fourth-order valence-corrected chi connectivity index (χ4v) is 5.10. The van der Waals surface area contributed by atoms with Crippen molar-refractivity contribution >= 4 is 0 Å². The van der Waals surface area contributed by atoms with Gasteiger partial charge in [-0.15, -0.1) is 0 Å². The predicted octanol–water partition coefficient (Wildman–Crippen LogP) is 11.0. The van der Waals surface area contributed by atoms with Gasteiger partial charge in [-0.2, -0.15) is 8.78 Å². The molecule has 0 unspecified atom stereocenters. The molecule has 0 atom stereocenters. The largest absolute Gasteiger partial charge is 0.432 e. The summed E-state index contributed by atoms with van der Waals surface area (Å²) in [6.45, 7) is 2.15. The molecule has 4 aromatic carbocycles. The van der Waals surface area contributed by atoms with Crippen molar-refractivity contribution < 1.29 is 39.9 Å². The van der Waals surface area contributed by atoms with Crippen LogP contribution in [0.15, 0.2) is 79.1 Å². The summed E-state index contributed by atoms with van der Waals surface area (Å²) in [5.41, 5.74) is -0.958. The molecule has 0 radical (unpaired) electrons. The lowest BCUT2D eigenvalue weighted by atomic mass is 10.00. The molecule has 0 aliphatic carbocycles. The molecule has 1 heterocycles. The van der Waals surface area contributed by atoms with E-state index in [0.29, 0.717) is 29.8 Å². The van der Waals surface area contributed by atoms with E-state index in [2.05, 4.69) is 21.6 Å². The molecule has 3 nitrogen and oxygen atoms in total. The summed E-state index contributed by atoms with van der Waals surface area (Å²) in [6, 6.07) is 10.6. The SMILES string of the molecule is CCCCCCCc1cnc(-c2ccc(-c3cc(F)c(C(F)(F)Oc4ccc(-c5cc(F)c(F)c(F)c5)cc4)c(F)c3)c(F)c2)nc1. The highest BCUT2D eigenvalue weighted by atomic mass is 19.3. The van der Waals surface area contributed by atoms with E-state index in [4.69, 9.17) is 0 Å². The Balaban J connectivity index is 1.30. The van der Waals surface area contributed by atoms with Crippen LogP contribution in [0.4, 0.5) is 35.1 Å². The fraction of sp³-hybridized carbons (Fsp3) is 0.222. The van der Waals surface area contributed by atoms with Gasteiger partial charge in [0.25, 0.3) is 0 Å². The molecule has 1 aromatic heterocycles. The lowest BCUT2D eigenvalue weighted by molar-refractivity contribution is -0.189. The van der Waals surface area contributed by atoms with E-state index in [9.17, 15) is 13.2 Å². The fourth-order valence-electron chi connectivity index (χ4n) is 5.10. The average Bonchev–Trinajstić information content (AvgIpc) is 3.03. The van der Waals surface area contributed by atoms with Crippen LogP contribution in [-0.2, 0) is 12.5 Å². The molecule has 0 saturated heterocycles. The molecule has 5 rings (SSSR count). The molecule has 0 amide bonds. The molecule has 0 aliphatic heterocycles. The Labute approximate surface area is 265 Å². The molecule has 47 heavy (non-hydrogen) atoms. The normalized spacial score (nSPS) is 11.6. The molecule has 0 saturated carbocycles. The third-order valence-electron chi connectivity index (χ3n) is 7.56. The van der Waals surface area contributed by atoms with Gasteiger partial charge in [0.2, 0.25) is 0 Å². The summed E-state index contributed by atoms with van der Waals surface area (Å²) < 4.78 is 120. The smallest absolute Gasteiger partial charge is 0.429 e. The minimum Gasteiger partial charge on any atom is -0.429 e. The van der Waals surface area contributed by atoms with Crippen LogP contribution in [-0.4, -0.2) is 9.97 Å². The Morgan fingerprint density at radius 1 is 0.596 bits per heavy atom. The van der Waals surface area contributed by atoms with Crippen molar-refractivity contribution in [3.05, 3.63) is 125 Å². The van der Waals surface area contributed by atoms with Crippen molar-refractivity contribution in [2.45, 2.75) is 51.6 Å². The molecule has 0 bridgehead atoms. The van der Waals surface area contributed by atoms with Gasteiger partial charge in [-0.3, -0.25) is 0 Å². The Hall–Kier alpha value is -4.80. The highest BCUT2D eigenvalue weighted by Crippen LogP contribution is 2.38. The van der Waals surface area contributed by atoms with Gasteiger partial charge in [0, 0.05) is 23.5 Å². The van der Waals surface area contributed by atoms with Crippen molar-refractivity contribution in [3.8, 4) is 39.4 Å². The van der Waals surface area contributed by atoms with Crippen molar-refractivity contribution in [1.82, 2.24) is 9.97 Å². The van der Waals surface area contributed by atoms with Gasteiger partial charge in [0.15, 0.2) is 23.3 Å². The van der Waals surface area contributed by atoms with Gasteiger partial charge < -0.3 is 4.74 Å². The van der Waals surface area contributed by atoms with E-state index >= 15 is 22.0 Å². The van der Waals surface area contributed by atoms with E-state index in [1.807, 2.05) is 0 Å². The van der Waals surface area contributed by atoms with E-state index < -0.39 is 52.3 Å². The summed E-state index contributed by atoms with van der Waals surface area (Å²) in [6.07, 6.45) is 5.28. The van der Waals surface area contributed by atoms with Gasteiger partial charge in [-0.1, -0.05) is 56.9 Å². The second-order valence-corrected chi connectivity index (χ2v) is 11.0. The number of nitrogens with zero attached hydrogens (tertiary/aromatic N) is 2. The zero-order chi connectivity index (χ0) is 33.7. The zero-order valence-electron chi connectivity index (χ0n) is 25.1. The topological polar surface area (TPSA) is 35.0 Å². The van der Waals surface area contributed by atoms with Gasteiger partial charge in [0.1, 0.15) is 28.8 Å².